The van der Waals surface area contributed by atoms with Gasteiger partial charge in [0.1, 0.15) is 0 Å². The van der Waals surface area contributed by atoms with Crippen LogP contribution in [0, 0.1) is 11.8 Å². The third-order valence-corrected chi connectivity index (χ3v) is 4.15. The van der Waals surface area contributed by atoms with Gasteiger partial charge in [-0.3, -0.25) is 0 Å². The highest BCUT2D eigenvalue weighted by atomic mass is 14.9. The fourth-order valence-corrected chi connectivity index (χ4v) is 2.64. The van der Waals surface area contributed by atoms with E-state index in [1.807, 2.05) is 0 Å². The molecule has 1 nitrogen and oxygen atoms in total. The first-order valence-corrected chi connectivity index (χ1v) is 6.63. The zero-order chi connectivity index (χ0) is 12.1. The van der Waals surface area contributed by atoms with Gasteiger partial charge in [-0.2, -0.15) is 0 Å². The SMILES string of the molecule is CCC1C/C(C(C)NC)=C(C)\C=C\CC1C. The van der Waals surface area contributed by atoms with E-state index in [1.54, 1.807) is 5.57 Å². The smallest absolute Gasteiger partial charge is 0.0253 e. The molecule has 1 heteroatoms. The predicted octanol–water partition coefficient (Wildman–Crippen LogP) is 3.92. The molecule has 1 rings (SSSR count). The van der Waals surface area contributed by atoms with Crippen molar-refractivity contribution >= 4 is 0 Å². The molecule has 3 unspecified atom stereocenters. The molecule has 1 aliphatic rings. The molecule has 0 bridgehead atoms. The second kappa shape index (κ2) is 6.24. The predicted molar refractivity (Wildman–Crippen MR) is 72.5 cm³/mol. The van der Waals surface area contributed by atoms with Gasteiger partial charge in [-0.1, -0.05) is 43.6 Å². The minimum absolute atomic E-state index is 0.504. The van der Waals surface area contributed by atoms with E-state index in [-0.39, 0.29) is 0 Å². The first kappa shape index (κ1) is 13.5. The molecule has 1 aliphatic carbocycles. The summed E-state index contributed by atoms with van der Waals surface area (Å²) in [5.74, 6) is 1.65. The molecule has 0 aromatic heterocycles. The summed E-state index contributed by atoms with van der Waals surface area (Å²) in [5, 5.41) is 3.38. The molecule has 0 amide bonds. The van der Waals surface area contributed by atoms with E-state index < -0.39 is 0 Å². The zero-order valence-corrected chi connectivity index (χ0v) is 11.5. The van der Waals surface area contributed by atoms with Gasteiger partial charge in [-0.15, -0.1) is 0 Å². The number of rotatable bonds is 3. The monoisotopic (exact) mass is 221 g/mol. The molecule has 92 valence electrons. The van der Waals surface area contributed by atoms with Crippen molar-refractivity contribution in [2.24, 2.45) is 11.8 Å². The maximum atomic E-state index is 3.38. The highest BCUT2D eigenvalue weighted by Gasteiger charge is 2.20. The summed E-state index contributed by atoms with van der Waals surface area (Å²) in [6.45, 7) is 9.23. The van der Waals surface area contributed by atoms with Crippen molar-refractivity contribution in [1.29, 1.82) is 0 Å². The number of nitrogens with one attached hydrogen (secondary N) is 1. The Balaban J connectivity index is 2.94. The lowest BCUT2D eigenvalue weighted by Gasteiger charge is -2.28. The van der Waals surface area contributed by atoms with Crippen molar-refractivity contribution in [3.05, 3.63) is 23.3 Å². The molecule has 0 spiro atoms. The van der Waals surface area contributed by atoms with E-state index in [1.165, 1.54) is 24.8 Å². The number of hydrogen-bond acceptors (Lipinski definition) is 1. The maximum absolute atomic E-state index is 3.38. The van der Waals surface area contributed by atoms with Crippen LogP contribution in [0.5, 0.6) is 0 Å². The number of hydrogen-bond donors (Lipinski definition) is 1. The Hall–Kier alpha value is -0.560. The molecule has 3 atom stereocenters. The van der Waals surface area contributed by atoms with E-state index in [0.717, 1.165) is 11.8 Å². The van der Waals surface area contributed by atoms with Crippen molar-refractivity contribution in [3.8, 4) is 0 Å². The Labute approximate surface area is 101 Å². The van der Waals surface area contributed by atoms with Crippen LogP contribution in [0.4, 0.5) is 0 Å². The van der Waals surface area contributed by atoms with Crippen LogP contribution in [0.15, 0.2) is 23.3 Å². The van der Waals surface area contributed by atoms with Crippen LogP contribution in [-0.4, -0.2) is 13.1 Å². The van der Waals surface area contributed by atoms with E-state index in [0.29, 0.717) is 6.04 Å². The fraction of sp³-hybridized carbons (Fsp3) is 0.733. The summed E-state index contributed by atoms with van der Waals surface area (Å²) in [7, 11) is 2.05. The Kier molecular flexibility index (Phi) is 5.27. The third kappa shape index (κ3) is 3.21. The molecule has 0 heterocycles. The lowest BCUT2D eigenvalue weighted by molar-refractivity contribution is 0.337. The summed E-state index contributed by atoms with van der Waals surface area (Å²) in [6, 6.07) is 0.504. The van der Waals surface area contributed by atoms with Gasteiger partial charge in [0.25, 0.3) is 0 Å². The van der Waals surface area contributed by atoms with Gasteiger partial charge >= 0.3 is 0 Å². The van der Waals surface area contributed by atoms with Crippen LogP contribution < -0.4 is 5.32 Å². The van der Waals surface area contributed by atoms with E-state index in [9.17, 15) is 0 Å². The van der Waals surface area contributed by atoms with E-state index in [4.69, 9.17) is 0 Å². The van der Waals surface area contributed by atoms with Gasteiger partial charge < -0.3 is 5.32 Å². The zero-order valence-electron chi connectivity index (χ0n) is 11.5. The maximum Gasteiger partial charge on any atom is 0.0253 e. The second-order valence-electron chi connectivity index (χ2n) is 5.21. The molecule has 16 heavy (non-hydrogen) atoms. The highest BCUT2D eigenvalue weighted by molar-refractivity contribution is 5.28. The van der Waals surface area contributed by atoms with E-state index >= 15 is 0 Å². The molecular formula is C15H27N. The molecule has 1 N–H and O–H groups in total. The standard InChI is InChI=1S/C15H27N/c1-6-14-10-15(13(4)16-5)12(3)9-7-8-11(14)2/h7,9,11,13-14,16H,6,8,10H2,1-5H3/b9-7+,15-12+. The van der Waals surface area contributed by atoms with E-state index in [2.05, 4.69) is 52.2 Å². The fourth-order valence-electron chi connectivity index (χ4n) is 2.64. The summed E-state index contributed by atoms with van der Waals surface area (Å²) in [6.07, 6.45) is 8.45. The average molecular weight is 221 g/mol. The molecule has 0 aromatic rings. The third-order valence-electron chi connectivity index (χ3n) is 4.15. The van der Waals surface area contributed by atoms with Gasteiger partial charge in [0.2, 0.25) is 0 Å². The van der Waals surface area contributed by atoms with Crippen molar-refractivity contribution < 1.29 is 0 Å². The highest BCUT2D eigenvalue weighted by Crippen LogP contribution is 2.31. The molecule has 0 saturated heterocycles. The minimum Gasteiger partial charge on any atom is -0.314 e. The number of allylic oxidation sites excluding steroid dienone is 3. The first-order chi connectivity index (χ1) is 7.60. The largest absolute Gasteiger partial charge is 0.314 e. The Morgan fingerprint density at radius 3 is 2.75 bits per heavy atom. The number of likely N-dealkylation sites (N-methyl/N-ethyl adjacent to an activating group) is 1. The molecular weight excluding hydrogens is 194 g/mol. The summed E-state index contributed by atoms with van der Waals surface area (Å²) in [4.78, 5) is 0. The van der Waals surface area contributed by atoms with Crippen LogP contribution in [0.3, 0.4) is 0 Å². The average Bonchev–Trinajstić information content (AvgIpc) is 2.27. The Bertz CT molecular complexity index is 275. The Morgan fingerprint density at radius 2 is 2.19 bits per heavy atom. The molecule has 0 radical (unpaired) electrons. The summed E-state index contributed by atoms with van der Waals surface area (Å²) < 4.78 is 0. The van der Waals surface area contributed by atoms with Gasteiger partial charge in [0.15, 0.2) is 0 Å². The van der Waals surface area contributed by atoms with Gasteiger partial charge in [0.05, 0.1) is 0 Å². The van der Waals surface area contributed by atoms with Crippen LogP contribution in [0.1, 0.15) is 47.0 Å². The molecule has 0 saturated carbocycles. The summed E-state index contributed by atoms with van der Waals surface area (Å²) in [5.41, 5.74) is 3.06. The first-order valence-electron chi connectivity index (χ1n) is 6.63. The molecule has 0 fully saturated rings. The summed E-state index contributed by atoms with van der Waals surface area (Å²) >= 11 is 0. The topological polar surface area (TPSA) is 12.0 Å². The van der Waals surface area contributed by atoms with Crippen LogP contribution >= 0.6 is 0 Å². The van der Waals surface area contributed by atoms with Gasteiger partial charge in [-0.25, -0.2) is 0 Å². The van der Waals surface area contributed by atoms with Crippen molar-refractivity contribution in [1.82, 2.24) is 5.32 Å². The Morgan fingerprint density at radius 1 is 1.50 bits per heavy atom. The van der Waals surface area contributed by atoms with Crippen molar-refractivity contribution in [2.75, 3.05) is 7.05 Å². The van der Waals surface area contributed by atoms with Crippen LogP contribution in [0.25, 0.3) is 0 Å². The second-order valence-corrected chi connectivity index (χ2v) is 5.21. The van der Waals surface area contributed by atoms with Gasteiger partial charge in [-0.05, 0) is 45.6 Å². The normalized spacial score (nSPS) is 35.3. The quantitative estimate of drug-likeness (QED) is 0.761. The van der Waals surface area contributed by atoms with Gasteiger partial charge in [0, 0.05) is 6.04 Å². The van der Waals surface area contributed by atoms with Crippen molar-refractivity contribution in [2.45, 2.75) is 53.0 Å². The lowest BCUT2D eigenvalue weighted by atomic mass is 9.79. The van der Waals surface area contributed by atoms with Crippen molar-refractivity contribution in [3.63, 3.8) is 0 Å². The van der Waals surface area contributed by atoms with Crippen LogP contribution in [0.2, 0.25) is 0 Å². The molecule has 0 aliphatic heterocycles. The van der Waals surface area contributed by atoms with Crippen LogP contribution in [-0.2, 0) is 0 Å². The minimum atomic E-state index is 0.504. The lowest BCUT2D eigenvalue weighted by Crippen LogP contribution is -2.27. The molecule has 0 aromatic carbocycles.